The fourth-order valence-electron chi connectivity index (χ4n) is 1.31. The number of hydrogen-bond donors (Lipinski definition) is 2. The zero-order valence-corrected chi connectivity index (χ0v) is 10.8. The number of nitrogens with one attached hydrogen (secondary N) is 1. The van der Waals surface area contributed by atoms with E-state index in [0.29, 0.717) is 12.1 Å². The average Bonchev–Trinajstić information content (AvgIpc) is 2.42. The Morgan fingerprint density at radius 1 is 1.58 bits per heavy atom. The molecule has 0 fully saturated rings. The zero-order valence-electron chi connectivity index (χ0n) is 10.8. The average molecular weight is 264 g/mol. The summed E-state index contributed by atoms with van der Waals surface area (Å²) in [5.41, 5.74) is 0.635. The minimum Gasteiger partial charge on any atom is -0.478 e. The van der Waals surface area contributed by atoms with Crippen LogP contribution in [0.1, 0.15) is 23.0 Å². The molecule has 0 aliphatic carbocycles. The summed E-state index contributed by atoms with van der Waals surface area (Å²) in [6.07, 6.45) is 3.67. The number of pyridine rings is 1. The summed E-state index contributed by atoms with van der Waals surface area (Å²) in [6, 6.07) is 3.26. The highest BCUT2D eigenvalue weighted by Crippen LogP contribution is 2.07. The largest absolute Gasteiger partial charge is 0.478 e. The molecule has 0 spiro atoms. The second kappa shape index (κ2) is 7.27. The van der Waals surface area contributed by atoms with E-state index in [9.17, 15) is 9.59 Å². The van der Waals surface area contributed by atoms with Crippen molar-refractivity contribution in [2.75, 3.05) is 13.7 Å². The fraction of sp³-hybridized carbons (Fsp3) is 0.308. The van der Waals surface area contributed by atoms with Crippen LogP contribution in [0.15, 0.2) is 24.4 Å². The molecule has 0 saturated heterocycles. The van der Waals surface area contributed by atoms with Gasteiger partial charge in [0.25, 0.3) is 5.91 Å². The van der Waals surface area contributed by atoms with E-state index in [1.807, 2.05) is 6.92 Å². The van der Waals surface area contributed by atoms with Crippen LogP contribution in [-0.4, -0.2) is 41.7 Å². The molecular weight excluding hydrogens is 248 g/mol. The Labute approximate surface area is 111 Å². The molecule has 0 aliphatic rings. The van der Waals surface area contributed by atoms with Crippen molar-refractivity contribution in [3.8, 4) is 0 Å². The Hall–Kier alpha value is -2.21. The quantitative estimate of drug-likeness (QED) is 0.747. The summed E-state index contributed by atoms with van der Waals surface area (Å²) >= 11 is 0. The van der Waals surface area contributed by atoms with Gasteiger partial charge in [0.2, 0.25) is 0 Å². The van der Waals surface area contributed by atoms with Crippen molar-refractivity contribution < 1.29 is 19.4 Å². The first-order valence-electron chi connectivity index (χ1n) is 5.71. The van der Waals surface area contributed by atoms with Gasteiger partial charge < -0.3 is 15.2 Å². The molecule has 0 radical (unpaired) electrons. The van der Waals surface area contributed by atoms with Crippen molar-refractivity contribution in [1.82, 2.24) is 10.3 Å². The lowest BCUT2D eigenvalue weighted by Crippen LogP contribution is -2.32. The number of carboxylic acids is 1. The lowest BCUT2D eigenvalue weighted by molar-refractivity contribution is -0.131. The smallest absolute Gasteiger partial charge is 0.328 e. The van der Waals surface area contributed by atoms with E-state index in [2.05, 4.69) is 10.3 Å². The number of carbonyl (C=O) groups is 2. The molecule has 1 amide bonds. The van der Waals surface area contributed by atoms with Gasteiger partial charge in [0, 0.05) is 31.5 Å². The molecular formula is C13H16N2O4. The fourth-order valence-corrected chi connectivity index (χ4v) is 1.31. The number of rotatable bonds is 6. The first-order valence-corrected chi connectivity index (χ1v) is 5.71. The highest BCUT2D eigenvalue weighted by molar-refractivity contribution is 5.97. The molecule has 1 aromatic heterocycles. The first kappa shape index (κ1) is 14.8. The highest BCUT2D eigenvalue weighted by atomic mass is 16.5. The molecule has 1 rings (SSSR count). The van der Waals surface area contributed by atoms with Gasteiger partial charge in [-0.05, 0) is 19.1 Å². The predicted octanol–water partition coefficient (Wildman–Crippen LogP) is 0.944. The number of aromatic nitrogens is 1. The van der Waals surface area contributed by atoms with Crippen LogP contribution < -0.4 is 5.32 Å². The Kier molecular flexibility index (Phi) is 5.69. The van der Waals surface area contributed by atoms with Gasteiger partial charge in [0.05, 0.1) is 6.10 Å². The van der Waals surface area contributed by atoms with Gasteiger partial charge in [-0.2, -0.15) is 0 Å². The predicted molar refractivity (Wildman–Crippen MR) is 69.7 cm³/mol. The van der Waals surface area contributed by atoms with Crippen molar-refractivity contribution in [1.29, 1.82) is 0 Å². The van der Waals surface area contributed by atoms with E-state index in [4.69, 9.17) is 9.84 Å². The van der Waals surface area contributed by atoms with Gasteiger partial charge in [-0.25, -0.2) is 4.79 Å². The maximum absolute atomic E-state index is 11.9. The Morgan fingerprint density at radius 2 is 2.32 bits per heavy atom. The standard InChI is InChI=1S/C13H16N2O4/c1-9(19-2)8-15-13(18)12-10(4-3-7-14-12)5-6-11(16)17/h3-7,9H,8H2,1-2H3,(H,15,18)(H,16,17)/b6-5+. The molecule has 19 heavy (non-hydrogen) atoms. The van der Waals surface area contributed by atoms with Crippen LogP contribution in [-0.2, 0) is 9.53 Å². The van der Waals surface area contributed by atoms with E-state index in [0.717, 1.165) is 6.08 Å². The number of ether oxygens (including phenoxy) is 1. The minimum absolute atomic E-state index is 0.106. The monoisotopic (exact) mass is 264 g/mol. The first-order chi connectivity index (χ1) is 9.04. The number of methoxy groups -OCH3 is 1. The number of hydrogen-bond acceptors (Lipinski definition) is 4. The molecule has 6 heteroatoms. The SMILES string of the molecule is COC(C)CNC(=O)c1ncccc1/C=C/C(=O)O. The highest BCUT2D eigenvalue weighted by Gasteiger charge is 2.12. The molecule has 1 aromatic rings. The second-order valence-corrected chi connectivity index (χ2v) is 3.87. The Balaban J connectivity index is 2.82. The Bertz CT molecular complexity index is 485. The van der Waals surface area contributed by atoms with Gasteiger partial charge in [0.1, 0.15) is 5.69 Å². The molecule has 2 N–H and O–H groups in total. The minimum atomic E-state index is -1.08. The van der Waals surface area contributed by atoms with Crippen LogP contribution in [0.3, 0.4) is 0 Å². The molecule has 6 nitrogen and oxygen atoms in total. The lowest BCUT2D eigenvalue weighted by Gasteiger charge is -2.11. The van der Waals surface area contributed by atoms with Crippen LogP contribution >= 0.6 is 0 Å². The van der Waals surface area contributed by atoms with Gasteiger partial charge in [-0.1, -0.05) is 6.07 Å². The van der Waals surface area contributed by atoms with Crippen LogP contribution in [0.2, 0.25) is 0 Å². The number of amides is 1. The van der Waals surface area contributed by atoms with Crippen molar-refractivity contribution in [2.45, 2.75) is 13.0 Å². The number of aliphatic carboxylic acids is 1. The van der Waals surface area contributed by atoms with Crippen LogP contribution in [0.25, 0.3) is 6.08 Å². The third-order valence-electron chi connectivity index (χ3n) is 2.41. The van der Waals surface area contributed by atoms with Gasteiger partial charge in [-0.15, -0.1) is 0 Å². The van der Waals surface area contributed by atoms with E-state index in [-0.39, 0.29) is 17.7 Å². The summed E-state index contributed by atoms with van der Waals surface area (Å²) in [4.78, 5) is 26.4. The summed E-state index contributed by atoms with van der Waals surface area (Å²) in [5, 5.41) is 11.3. The zero-order chi connectivity index (χ0) is 14.3. The topological polar surface area (TPSA) is 88.5 Å². The van der Waals surface area contributed by atoms with Crippen molar-refractivity contribution in [3.05, 3.63) is 35.7 Å². The summed E-state index contributed by atoms with van der Waals surface area (Å²) in [5.74, 6) is -1.45. The van der Waals surface area contributed by atoms with Crippen LogP contribution in [0.5, 0.6) is 0 Å². The van der Waals surface area contributed by atoms with Crippen molar-refractivity contribution in [3.63, 3.8) is 0 Å². The molecule has 102 valence electrons. The van der Waals surface area contributed by atoms with Crippen LogP contribution in [0.4, 0.5) is 0 Å². The Morgan fingerprint density at radius 3 is 2.95 bits per heavy atom. The molecule has 1 atom stereocenters. The van der Waals surface area contributed by atoms with E-state index >= 15 is 0 Å². The number of carbonyl (C=O) groups excluding carboxylic acids is 1. The molecule has 1 unspecified atom stereocenters. The maximum Gasteiger partial charge on any atom is 0.328 e. The van der Waals surface area contributed by atoms with Crippen LogP contribution in [0, 0.1) is 0 Å². The van der Waals surface area contributed by atoms with Crippen molar-refractivity contribution >= 4 is 18.0 Å². The molecule has 0 bridgehead atoms. The van der Waals surface area contributed by atoms with Gasteiger partial charge in [-0.3, -0.25) is 9.78 Å². The van der Waals surface area contributed by atoms with Gasteiger partial charge in [0.15, 0.2) is 0 Å². The lowest BCUT2D eigenvalue weighted by atomic mass is 10.1. The summed E-state index contributed by atoms with van der Waals surface area (Å²) < 4.78 is 5.02. The van der Waals surface area contributed by atoms with E-state index in [1.54, 1.807) is 19.2 Å². The van der Waals surface area contributed by atoms with Crippen molar-refractivity contribution in [2.24, 2.45) is 0 Å². The third kappa shape index (κ3) is 4.89. The molecule has 0 aromatic carbocycles. The molecule has 0 aliphatic heterocycles. The maximum atomic E-state index is 11.9. The number of carboxylic acid groups (broad SMARTS) is 1. The second-order valence-electron chi connectivity index (χ2n) is 3.87. The van der Waals surface area contributed by atoms with E-state index < -0.39 is 5.97 Å². The molecule has 1 heterocycles. The normalized spacial score (nSPS) is 12.3. The summed E-state index contributed by atoms with van der Waals surface area (Å²) in [6.45, 7) is 2.18. The summed E-state index contributed by atoms with van der Waals surface area (Å²) in [7, 11) is 1.55. The van der Waals surface area contributed by atoms with E-state index in [1.165, 1.54) is 12.3 Å². The molecule has 0 saturated carbocycles. The van der Waals surface area contributed by atoms with Gasteiger partial charge >= 0.3 is 5.97 Å². The third-order valence-corrected chi connectivity index (χ3v) is 2.41. The number of nitrogens with zero attached hydrogens (tertiary/aromatic N) is 1.